The monoisotopic (exact) mass is 729 g/mol. The van der Waals surface area contributed by atoms with Gasteiger partial charge in [0.15, 0.2) is 0 Å². The minimum Gasteiger partial charge on any atom is -0.417 e. The average molecular weight is 730 g/mol. The van der Waals surface area contributed by atoms with Gasteiger partial charge in [0.2, 0.25) is 0 Å². The van der Waals surface area contributed by atoms with Crippen LogP contribution in [0.2, 0.25) is 0 Å². The summed E-state index contributed by atoms with van der Waals surface area (Å²) in [6.45, 7) is 39.2. The maximum atomic E-state index is 7.15. The van der Waals surface area contributed by atoms with E-state index in [0.29, 0.717) is 6.61 Å². The van der Waals surface area contributed by atoms with Gasteiger partial charge in [-0.2, -0.15) is 5.06 Å². The third kappa shape index (κ3) is 8.92. The lowest BCUT2D eigenvalue weighted by molar-refractivity contribution is -0.297. The van der Waals surface area contributed by atoms with Gasteiger partial charge < -0.3 is 9.05 Å². The van der Waals surface area contributed by atoms with E-state index in [1.54, 1.807) is 0 Å². The van der Waals surface area contributed by atoms with Crippen molar-refractivity contribution in [3.63, 3.8) is 0 Å². The van der Waals surface area contributed by atoms with Gasteiger partial charge in [-0.1, -0.05) is 132 Å². The van der Waals surface area contributed by atoms with Gasteiger partial charge in [0, 0.05) is 28.6 Å². The molecule has 2 heterocycles. The average Bonchev–Trinajstić information content (AvgIpc) is 2.94. The molecule has 5 nitrogen and oxygen atoms in total. The lowest BCUT2D eigenvalue weighted by Crippen LogP contribution is -2.61. The van der Waals surface area contributed by atoms with Crippen molar-refractivity contribution < 1.29 is 18.4 Å². The van der Waals surface area contributed by atoms with E-state index in [-0.39, 0.29) is 38.8 Å². The Hall–Kier alpha value is -2.43. The van der Waals surface area contributed by atoms with Gasteiger partial charge in [-0.15, -0.1) is 0 Å². The van der Waals surface area contributed by atoms with Crippen molar-refractivity contribution in [1.82, 2.24) is 5.06 Å². The van der Waals surface area contributed by atoms with Crippen molar-refractivity contribution in [2.45, 2.75) is 182 Å². The smallest absolute Gasteiger partial charge is 0.417 e. The van der Waals surface area contributed by atoms with E-state index in [4.69, 9.17) is 18.4 Å². The summed E-state index contributed by atoms with van der Waals surface area (Å²) < 4.78 is 21.4. The van der Waals surface area contributed by atoms with Crippen LogP contribution in [0.15, 0.2) is 48.5 Å². The number of rotatable bonds is 5. The molecule has 0 N–H and O–H groups in total. The molecule has 2 aliphatic heterocycles. The SMILES string of the molecule is Cc1ccccc1CON1C(C)(C)CC(OP2Oc3c(cc(C(C)(C)C)cc3C(C)(C)C)Cc3cc(C(C)(C)C)cc(C(C)(C)C)c3O2)CC1(C)C. The van der Waals surface area contributed by atoms with Crippen molar-refractivity contribution in [2.24, 2.45) is 0 Å². The maximum absolute atomic E-state index is 7.15. The van der Waals surface area contributed by atoms with E-state index < -0.39 is 8.60 Å². The second kappa shape index (κ2) is 14.0. The number of fused-ring (bicyclic) bond motifs is 2. The molecule has 0 bridgehead atoms. The molecule has 0 atom stereocenters. The van der Waals surface area contributed by atoms with Gasteiger partial charge in [-0.05, 0) is 103 Å². The Morgan fingerprint density at radius 2 is 1.12 bits per heavy atom. The van der Waals surface area contributed by atoms with Gasteiger partial charge in [0.05, 0.1) is 12.7 Å². The molecular formula is C46H68NO4P. The van der Waals surface area contributed by atoms with Crippen LogP contribution in [0.4, 0.5) is 0 Å². The first kappa shape index (κ1) is 40.7. The Kier molecular flexibility index (Phi) is 11.0. The zero-order valence-corrected chi connectivity index (χ0v) is 36.4. The van der Waals surface area contributed by atoms with Crippen LogP contribution in [0.1, 0.15) is 168 Å². The number of piperidine rings is 1. The lowest BCUT2D eigenvalue weighted by atomic mass is 9.76. The molecule has 52 heavy (non-hydrogen) atoms. The third-order valence-electron chi connectivity index (χ3n) is 10.8. The van der Waals surface area contributed by atoms with Gasteiger partial charge >= 0.3 is 8.60 Å². The fourth-order valence-electron chi connectivity index (χ4n) is 7.88. The van der Waals surface area contributed by atoms with Crippen LogP contribution in [0, 0.1) is 6.92 Å². The Morgan fingerprint density at radius 1 is 0.673 bits per heavy atom. The molecule has 0 saturated carbocycles. The Bertz CT molecular complexity index is 1660. The number of benzene rings is 3. The number of hydroxylamine groups is 2. The van der Waals surface area contributed by atoms with E-state index in [1.165, 1.54) is 44.5 Å². The molecule has 6 heteroatoms. The maximum Gasteiger partial charge on any atom is 0.463 e. The first-order chi connectivity index (χ1) is 23.7. The molecule has 286 valence electrons. The number of hydrogen-bond acceptors (Lipinski definition) is 5. The van der Waals surface area contributed by atoms with Crippen LogP contribution in [-0.4, -0.2) is 22.2 Å². The summed E-state index contributed by atoms with van der Waals surface area (Å²) >= 11 is 0. The van der Waals surface area contributed by atoms with Crippen molar-refractivity contribution in [2.75, 3.05) is 0 Å². The van der Waals surface area contributed by atoms with E-state index in [9.17, 15) is 0 Å². The lowest BCUT2D eigenvalue weighted by Gasteiger charge is -2.53. The topological polar surface area (TPSA) is 40.2 Å². The second-order valence-corrected chi connectivity index (χ2v) is 21.9. The van der Waals surface area contributed by atoms with Gasteiger partial charge in [-0.25, -0.2) is 0 Å². The zero-order valence-electron chi connectivity index (χ0n) is 35.6. The molecule has 0 amide bonds. The van der Waals surface area contributed by atoms with Crippen LogP contribution in [0.5, 0.6) is 11.5 Å². The zero-order chi connectivity index (χ0) is 38.8. The van der Waals surface area contributed by atoms with Crippen LogP contribution in [0.3, 0.4) is 0 Å². The molecule has 1 saturated heterocycles. The Labute approximate surface area is 318 Å². The van der Waals surface area contributed by atoms with Crippen molar-refractivity contribution >= 4 is 8.60 Å². The fraction of sp³-hybridized carbons (Fsp3) is 0.609. The summed E-state index contributed by atoms with van der Waals surface area (Å²) in [5, 5.41) is 2.21. The quantitative estimate of drug-likeness (QED) is 0.245. The highest BCUT2D eigenvalue weighted by Crippen LogP contribution is 2.55. The molecule has 0 aliphatic carbocycles. The molecular weight excluding hydrogens is 661 g/mol. The normalized spacial score (nSPS) is 18.9. The van der Waals surface area contributed by atoms with Gasteiger partial charge in [0.25, 0.3) is 0 Å². The van der Waals surface area contributed by atoms with Crippen molar-refractivity contribution in [1.29, 1.82) is 0 Å². The standard InChI is InChI=1S/C46H68NO4P/c1-30-20-18-19-21-31(30)29-48-47-45(14,15)27-36(28-46(47,16)17)49-52-50-39-32(23-34(41(2,3)4)25-37(39)43(8,9)10)22-33-24-35(42(5,6)7)26-38(40(33)51-52)44(11,12)13/h18-21,23-26,36H,22,27-29H2,1-17H3. The number of hydrogen-bond donors (Lipinski definition) is 0. The van der Waals surface area contributed by atoms with Gasteiger partial charge in [-0.3, -0.25) is 9.36 Å². The molecule has 2 aliphatic rings. The summed E-state index contributed by atoms with van der Waals surface area (Å²) in [5.74, 6) is 1.82. The highest BCUT2D eigenvalue weighted by Gasteiger charge is 2.49. The van der Waals surface area contributed by atoms with Gasteiger partial charge in [0.1, 0.15) is 11.5 Å². The molecule has 0 radical (unpaired) electrons. The van der Waals surface area contributed by atoms with E-state index in [2.05, 4.69) is 171 Å². The fourth-order valence-corrected chi connectivity index (χ4v) is 9.12. The molecule has 1 fully saturated rings. The minimum absolute atomic E-state index is 0.0196. The first-order valence-electron chi connectivity index (χ1n) is 19.3. The molecule has 3 aromatic carbocycles. The van der Waals surface area contributed by atoms with E-state index in [0.717, 1.165) is 30.8 Å². The van der Waals surface area contributed by atoms with E-state index >= 15 is 0 Å². The molecule has 0 spiro atoms. The number of aryl methyl sites for hydroxylation is 1. The van der Waals surface area contributed by atoms with Crippen LogP contribution in [-0.2, 0) is 44.0 Å². The largest absolute Gasteiger partial charge is 0.463 e. The molecule has 0 unspecified atom stereocenters. The molecule has 3 aromatic rings. The highest BCUT2D eigenvalue weighted by molar-refractivity contribution is 7.42. The second-order valence-electron chi connectivity index (χ2n) is 20.9. The summed E-state index contributed by atoms with van der Waals surface area (Å²) in [6, 6.07) is 17.9. The molecule has 0 aromatic heterocycles. The summed E-state index contributed by atoms with van der Waals surface area (Å²) in [7, 11) is -1.82. The van der Waals surface area contributed by atoms with E-state index in [1.807, 2.05) is 0 Å². The summed E-state index contributed by atoms with van der Waals surface area (Å²) in [6.07, 6.45) is 2.18. The summed E-state index contributed by atoms with van der Waals surface area (Å²) in [5.41, 5.74) is 8.95. The highest BCUT2D eigenvalue weighted by atomic mass is 31.2. The third-order valence-corrected chi connectivity index (χ3v) is 11.9. The molecule has 5 rings (SSSR count). The minimum atomic E-state index is -1.82. The van der Waals surface area contributed by atoms with Crippen molar-refractivity contribution in [3.05, 3.63) is 93.0 Å². The van der Waals surface area contributed by atoms with Crippen LogP contribution >= 0.6 is 8.60 Å². The van der Waals surface area contributed by atoms with Crippen molar-refractivity contribution in [3.8, 4) is 11.5 Å². The van der Waals surface area contributed by atoms with Crippen LogP contribution < -0.4 is 9.05 Å². The first-order valence-corrected chi connectivity index (χ1v) is 20.4. The predicted molar refractivity (Wildman–Crippen MR) is 219 cm³/mol. The van der Waals surface area contributed by atoms with Crippen LogP contribution in [0.25, 0.3) is 0 Å². The number of nitrogens with zero attached hydrogens (tertiary/aromatic N) is 1. The Balaban J connectivity index is 1.60. The predicted octanol–water partition coefficient (Wildman–Crippen LogP) is 12.9. The summed E-state index contributed by atoms with van der Waals surface area (Å²) in [4.78, 5) is 6.65. The Morgan fingerprint density at radius 3 is 1.52 bits per heavy atom.